The topological polar surface area (TPSA) is 46.2 Å². The van der Waals surface area contributed by atoms with Gasteiger partial charge < -0.3 is 0 Å². The van der Waals surface area contributed by atoms with Crippen molar-refractivity contribution in [3.63, 3.8) is 0 Å². The average Bonchev–Trinajstić information content (AvgIpc) is 2.26. The molecule has 0 aliphatic carbocycles. The van der Waals surface area contributed by atoms with Gasteiger partial charge in [-0.05, 0) is 25.0 Å². The molecule has 0 bridgehead atoms. The summed E-state index contributed by atoms with van der Waals surface area (Å²) in [7, 11) is -3.39. The van der Waals surface area contributed by atoms with E-state index in [0.717, 1.165) is 5.56 Å². The fraction of sp³-hybridized carbons (Fsp3) is 0.455. The fourth-order valence-corrected chi connectivity index (χ4v) is 2.38. The van der Waals surface area contributed by atoms with Gasteiger partial charge in [-0.3, -0.25) is 0 Å². The predicted molar refractivity (Wildman–Crippen MR) is 66.3 cm³/mol. The Morgan fingerprint density at radius 2 is 1.88 bits per heavy atom. The summed E-state index contributed by atoms with van der Waals surface area (Å²) in [6.45, 7) is 4.17. The van der Waals surface area contributed by atoms with Crippen molar-refractivity contribution in [2.24, 2.45) is 5.92 Å². The van der Waals surface area contributed by atoms with E-state index in [1.165, 1.54) is 0 Å². The molecule has 5 heteroatoms. The summed E-state index contributed by atoms with van der Waals surface area (Å²) in [5.74, 6) is 0.568. The molecule has 0 aliphatic heterocycles. The summed E-state index contributed by atoms with van der Waals surface area (Å²) >= 11 is 5.61. The van der Waals surface area contributed by atoms with Crippen LogP contribution in [0.25, 0.3) is 0 Å². The molecule has 0 amide bonds. The van der Waals surface area contributed by atoms with Gasteiger partial charge in [0.05, 0.1) is 4.90 Å². The van der Waals surface area contributed by atoms with Gasteiger partial charge in [-0.2, -0.15) is 0 Å². The maximum Gasteiger partial charge on any atom is 0.240 e. The lowest BCUT2D eigenvalue weighted by molar-refractivity contribution is 0.562. The van der Waals surface area contributed by atoms with Crippen LogP contribution in [0, 0.1) is 12.8 Å². The number of hydrogen-bond acceptors (Lipinski definition) is 2. The van der Waals surface area contributed by atoms with Crippen molar-refractivity contribution in [2.45, 2.75) is 18.7 Å². The van der Waals surface area contributed by atoms with E-state index in [1.807, 2.05) is 13.8 Å². The first kappa shape index (κ1) is 13.5. The average molecular weight is 262 g/mol. The highest BCUT2D eigenvalue weighted by Gasteiger charge is 2.14. The number of benzene rings is 1. The summed E-state index contributed by atoms with van der Waals surface area (Å²) in [6.07, 6.45) is 0. The van der Waals surface area contributed by atoms with E-state index < -0.39 is 10.0 Å². The molecular formula is C11H16ClNO2S. The van der Waals surface area contributed by atoms with E-state index in [-0.39, 0.29) is 5.92 Å². The highest BCUT2D eigenvalue weighted by atomic mass is 35.5. The monoisotopic (exact) mass is 261 g/mol. The Morgan fingerprint density at radius 3 is 2.38 bits per heavy atom. The number of alkyl halides is 1. The largest absolute Gasteiger partial charge is 0.240 e. The second-order valence-corrected chi connectivity index (χ2v) is 6.00. The summed E-state index contributed by atoms with van der Waals surface area (Å²) in [5, 5.41) is 0. The second-order valence-electron chi connectivity index (χ2n) is 3.92. The lowest BCUT2D eigenvalue weighted by atomic mass is 10.2. The first-order valence-corrected chi connectivity index (χ1v) is 7.10. The van der Waals surface area contributed by atoms with Gasteiger partial charge in [-0.15, -0.1) is 11.6 Å². The quantitative estimate of drug-likeness (QED) is 0.826. The SMILES string of the molecule is Cc1ccc(S(=O)(=O)NCC(C)CCl)cc1. The number of hydrogen-bond donors (Lipinski definition) is 1. The molecule has 3 nitrogen and oxygen atoms in total. The minimum atomic E-state index is -3.39. The Labute approximate surface area is 102 Å². The Bertz CT molecular complexity index is 428. The van der Waals surface area contributed by atoms with E-state index >= 15 is 0 Å². The lowest BCUT2D eigenvalue weighted by Gasteiger charge is -2.10. The Morgan fingerprint density at radius 1 is 1.31 bits per heavy atom. The molecule has 1 rings (SSSR count). The summed E-state index contributed by atoms with van der Waals surface area (Å²) < 4.78 is 26.2. The Hall–Kier alpha value is -0.580. The van der Waals surface area contributed by atoms with Crippen molar-refractivity contribution in [3.8, 4) is 0 Å². The molecule has 0 radical (unpaired) electrons. The van der Waals surface area contributed by atoms with Crippen molar-refractivity contribution in [2.75, 3.05) is 12.4 Å². The van der Waals surface area contributed by atoms with Crippen LogP contribution in [-0.2, 0) is 10.0 Å². The molecule has 0 spiro atoms. The zero-order valence-electron chi connectivity index (χ0n) is 9.40. The molecule has 1 unspecified atom stereocenters. The van der Waals surface area contributed by atoms with Gasteiger partial charge in [0.25, 0.3) is 0 Å². The Kier molecular flexibility index (Phi) is 4.77. The van der Waals surface area contributed by atoms with Gasteiger partial charge in [-0.25, -0.2) is 13.1 Å². The third-order valence-electron chi connectivity index (χ3n) is 2.22. The molecule has 16 heavy (non-hydrogen) atoms. The zero-order chi connectivity index (χ0) is 12.2. The van der Waals surface area contributed by atoms with Gasteiger partial charge in [0, 0.05) is 12.4 Å². The van der Waals surface area contributed by atoms with Crippen molar-refractivity contribution in [3.05, 3.63) is 29.8 Å². The van der Waals surface area contributed by atoms with Crippen molar-refractivity contribution in [1.29, 1.82) is 0 Å². The van der Waals surface area contributed by atoms with Crippen LogP contribution >= 0.6 is 11.6 Å². The molecule has 0 aliphatic rings. The van der Waals surface area contributed by atoms with Gasteiger partial charge >= 0.3 is 0 Å². The maximum absolute atomic E-state index is 11.8. The highest BCUT2D eigenvalue weighted by molar-refractivity contribution is 7.89. The molecule has 0 saturated heterocycles. The molecule has 0 aromatic heterocycles. The Balaban J connectivity index is 2.74. The van der Waals surface area contributed by atoms with Crippen LogP contribution in [0.3, 0.4) is 0 Å². The van der Waals surface area contributed by atoms with Crippen LogP contribution in [0.2, 0.25) is 0 Å². The van der Waals surface area contributed by atoms with Crippen LogP contribution in [0.15, 0.2) is 29.2 Å². The normalized spacial score (nSPS) is 13.7. The van der Waals surface area contributed by atoms with E-state index in [1.54, 1.807) is 24.3 Å². The number of rotatable bonds is 5. The molecular weight excluding hydrogens is 246 g/mol. The number of halogens is 1. The number of sulfonamides is 1. The summed E-state index contributed by atoms with van der Waals surface area (Å²) in [4.78, 5) is 0.292. The number of aryl methyl sites for hydroxylation is 1. The van der Waals surface area contributed by atoms with Gasteiger partial charge in [0.2, 0.25) is 10.0 Å². The molecule has 1 aromatic carbocycles. The third kappa shape index (κ3) is 3.77. The smallest absolute Gasteiger partial charge is 0.211 e. The van der Waals surface area contributed by atoms with Crippen molar-refractivity contribution >= 4 is 21.6 Å². The molecule has 0 saturated carbocycles. The van der Waals surface area contributed by atoms with Crippen LogP contribution in [-0.4, -0.2) is 20.8 Å². The molecule has 90 valence electrons. The second kappa shape index (κ2) is 5.66. The van der Waals surface area contributed by atoms with Gasteiger partial charge in [-0.1, -0.05) is 24.6 Å². The van der Waals surface area contributed by atoms with Gasteiger partial charge in [0.1, 0.15) is 0 Å². The van der Waals surface area contributed by atoms with Crippen LogP contribution in [0.5, 0.6) is 0 Å². The first-order valence-electron chi connectivity index (χ1n) is 5.08. The van der Waals surface area contributed by atoms with E-state index in [9.17, 15) is 8.42 Å². The molecule has 1 N–H and O–H groups in total. The minimum absolute atomic E-state index is 0.127. The van der Waals surface area contributed by atoms with E-state index in [0.29, 0.717) is 17.3 Å². The van der Waals surface area contributed by atoms with Crippen molar-refractivity contribution in [1.82, 2.24) is 4.72 Å². The first-order chi connectivity index (χ1) is 7.45. The zero-order valence-corrected chi connectivity index (χ0v) is 11.0. The van der Waals surface area contributed by atoms with E-state index in [4.69, 9.17) is 11.6 Å². The molecule has 0 fully saturated rings. The number of nitrogens with one attached hydrogen (secondary N) is 1. The van der Waals surface area contributed by atoms with Crippen LogP contribution in [0.1, 0.15) is 12.5 Å². The summed E-state index contributed by atoms with van der Waals surface area (Å²) in [6, 6.07) is 6.76. The lowest BCUT2D eigenvalue weighted by Crippen LogP contribution is -2.29. The standard InChI is InChI=1S/C11H16ClNO2S/c1-9-3-5-11(6-4-9)16(14,15)13-8-10(2)7-12/h3-6,10,13H,7-8H2,1-2H3. The summed E-state index contributed by atoms with van der Waals surface area (Å²) in [5.41, 5.74) is 1.04. The highest BCUT2D eigenvalue weighted by Crippen LogP contribution is 2.10. The fourth-order valence-electron chi connectivity index (χ4n) is 1.11. The predicted octanol–water partition coefficient (Wildman–Crippen LogP) is 2.15. The van der Waals surface area contributed by atoms with Crippen molar-refractivity contribution < 1.29 is 8.42 Å². The third-order valence-corrected chi connectivity index (χ3v) is 4.18. The van der Waals surface area contributed by atoms with E-state index in [2.05, 4.69) is 4.72 Å². The molecule has 1 atom stereocenters. The maximum atomic E-state index is 11.8. The van der Waals surface area contributed by atoms with Crippen LogP contribution in [0.4, 0.5) is 0 Å². The minimum Gasteiger partial charge on any atom is -0.211 e. The van der Waals surface area contributed by atoms with Crippen LogP contribution < -0.4 is 4.72 Å². The molecule has 0 heterocycles. The molecule has 1 aromatic rings. The van der Waals surface area contributed by atoms with Gasteiger partial charge in [0.15, 0.2) is 0 Å².